The molecule has 0 fully saturated rings. The minimum absolute atomic E-state index is 0.0296. The molecule has 0 unspecified atom stereocenters. The maximum atomic E-state index is 14.1. The first-order chi connectivity index (χ1) is 14.0. The van der Waals surface area contributed by atoms with Crippen molar-refractivity contribution in [3.63, 3.8) is 0 Å². The van der Waals surface area contributed by atoms with E-state index in [9.17, 15) is 4.39 Å². The number of nitrogens with zero attached hydrogens (tertiary/aromatic N) is 1. The molecule has 0 radical (unpaired) electrons. The highest BCUT2D eigenvalue weighted by Gasteiger charge is 2.24. The predicted molar refractivity (Wildman–Crippen MR) is 121 cm³/mol. The smallest absolute Gasteiger partial charge is 0.207 e. The molecule has 29 heavy (non-hydrogen) atoms. The van der Waals surface area contributed by atoms with Gasteiger partial charge in [-0.3, -0.25) is 0 Å². The fourth-order valence-electron chi connectivity index (χ4n) is 4.10. The Morgan fingerprint density at radius 1 is 0.897 bits per heavy atom. The predicted octanol–water partition coefficient (Wildman–Crippen LogP) is 6.85. The van der Waals surface area contributed by atoms with Crippen molar-refractivity contribution in [3.05, 3.63) is 76.7 Å². The molecule has 0 spiro atoms. The third-order valence-corrected chi connectivity index (χ3v) is 6.17. The summed E-state index contributed by atoms with van der Waals surface area (Å²) in [6, 6.07) is 14.0. The molecule has 4 rings (SSSR count). The highest BCUT2D eigenvalue weighted by atomic mass is 19.1. The number of hydrogen-bond donors (Lipinski definition) is 0. The summed E-state index contributed by atoms with van der Waals surface area (Å²) in [6.45, 7) is 13.0. The number of benzene rings is 3. The number of pyridine rings is 1. The summed E-state index contributed by atoms with van der Waals surface area (Å²) < 4.78 is 25.1. The lowest BCUT2D eigenvalue weighted by Crippen LogP contribution is -2.35. The highest BCUT2D eigenvalue weighted by molar-refractivity contribution is 6.11. The third kappa shape index (κ3) is 3.21. The van der Waals surface area contributed by atoms with Crippen LogP contribution in [0.5, 0.6) is 0 Å². The second-order valence-electron chi connectivity index (χ2n) is 9.19. The van der Waals surface area contributed by atoms with Crippen LogP contribution < -0.4 is 4.57 Å². The number of rotatable bonds is 1. The van der Waals surface area contributed by atoms with Crippen molar-refractivity contribution in [2.75, 3.05) is 0 Å². The molecule has 1 aromatic heterocycles. The standard InChI is InChI=1S/C27H29FN/c1-16-12-20(27(4,5)6)14-23(18(16)3)26-22-11-9-19-8-10-21(28)15-24(19)25(22)13-17(2)29(26)7/h8-15H,1-7H3/q+1/i13D. The Balaban J connectivity index is 2.22. The second kappa shape index (κ2) is 6.66. The summed E-state index contributed by atoms with van der Waals surface area (Å²) >= 11 is 0. The Morgan fingerprint density at radius 3 is 2.28 bits per heavy atom. The fraction of sp³-hybridized carbons (Fsp3) is 0.296. The van der Waals surface area contributed by atoms with E-state index in [0.29, 0.717) is 6.04 Å². The van der Waals surface area contributed by atoms with Gasteiger partial charge < -0.3 is 0 Å². The van der Waals surface area contributed by atoms with Crippen LogP contribution in [0.2, 0.25) is 0 Å². The molecule has 0 N–H and O–H groups in total. The van der Waals surface area contributed by atoms with Crippen molar-refractivity contribution in [1.29, 1.82) is 0 Å². The molecule has 0 aliphatic rings. The molecule has 0 saturated heterocycles. The number of aromatic nitrogens is 1. The van der Waals surface area contributed by atoms with Gasteiger partial charge in [0.2, 0.25) is 5.69 Å². The van der Waals surface area contributed by atoms with Crippen molar-refractivity contribution in [2.24, 2.45) is 7.05 Å². The zero-order chi connectivity index (χ0) is 22.0. The maximum absolute atomic E-state index is 14.1. The van der Waals surface area contributed by atoms with Gasteiger partial charge in [-0.15, -0.1) is 0 Å². The lowest BCUT2D eigenvalue weighted by Gasteiger charge is -2.22. The van der Waals surface area contributed by atoms with Crippen molar-refractivity contribution in [1.82, 2.24) is 0 Å². The van der Waals surface area contributed by atoms with Gasteiger partial charge >= 0.3 is 0 Å². The fourth-order valence-corrected chi connectivity index (χ4v) is 4.10. The molecule has 148 valence electrons. The minimum Gasteiger partial charge on any atom is -0.207 e. The van der Waals surface area contributed by atoms with E-state index in [0.717, 1.165) is 32.9 Å². The monoisotopic (exact) mass is 387 g/mol. The molecule has 0 saturated carbocycles. The number of fused-ring (bicyclic) bond motifs is 3. The van der Waals surface area contributed by atoms with Crippen molar-refractivity contribution < 1.29 is 10.3 Å². The van der Waals surface area contributed by atoms with Crippen LogP contribution in [0, 0.1) is 26.6 Å². The maximum Gasteiger partial charge on any atom is 0.220 e. The first-order valence-electron chi connectivity index (χ1n) is 10.6. The van der Waals surface area contributed by atoms with Crippen molar-refractivity contribution in [3.8, 4) is 11.3 Å². The van der Waals surface area contributed by atoms with Crippen LogP contribution in [0.15, 0.2) is 48.5 Å². The van der Waals surface area contributed by atoms with Gasteiger partial charge in [-0.2, -0.15) is 4.57 Å². The summed E-state index contributed by atoms with van der Waals surface area (Å²) in [4.78, 5) is 0. The minimum atomic E-state index is -0.274. The number of aryl methyl sites for hydroxylation is 1. The molecule has 0 bridgehead atoms. The molecule has 2 heteroatoms. The van der Waals surface area contributed by atoms with E-state index in [1.165, 1.54) is 28.3 Å². The van der Waals surface area contributed by atoms with Gasteiger partial charge in [0.25, 0.3) is 0 Å². The quantitative estimate of drug-likeness (QED) is 0.248. The molecular formula is C27H29FN+. The average molecular weight is 388 g/mol. The third-order valence-electron chi connectivity index (χ3n) is 6.17. The van der Waals surface area contributed by atoms with E-state index < -0.39 is 0 Å². The Labute approximate surface area is 174 Å². The lowest BCUT2D eigenvalue weighted by molar-refractivity contribution is -0.665. The van der Waals surface area contributed by atoms with Gasteiger partial charge in [-0.05, 0) is 71.0 Å². The van der Waals surface area contributed by atoms with Crippen molar-refractivity contribution in [2.45, 2.75) is 47.0 Å². The van der Waals surface area contributed by atoms with Crippen LogP contribution in [-0.2, 0) is 12.5 Å². The molecule has 0 amide bonds. The van der Waals surface area contributed by atoms with E-state index in [1.54, 1.807) is 12.1 Å². The summed E-state index contributed by atoms with van der Waals surface area (Å²) in [7, 11) is 2.02. The Morgan fingerprint density at radius 2 is 1.59 bits per heavy atom. The van der Waals surface area contributed by atoms with E-state index in [4.69, 9.17) is 1.37 Å². The molecule has 4 aromatic rings. The SMILES string of the molecule is [2H]c1c(C)[n+](C)c(-c2cc(C(C)(C)C)cc(C)c2C)c2ccc3ccc(F)cc3c12. The number of halogens is 1. The average Bonchev–Trinajstić information content (AvgIpc) is 2.67. The molecule has 0 aliphatic heterocycles. The number of hydrogen-bond acceptors (Lipinski definition) is 0. The molecule has 1 nitrogen and oxygen atoms in total. The van der Waals surface area contributed by atoms with Crippen LogP contribution in [0.1, 0.15) is 44.5 Å². The van der Waals surface area contributed by atoms with Gasteiger partial charge in [0.15, 0.2) is 5.69 Å². The summed E-state index contributed by atoms with van der Waals surface area (Å²) in [5, 5.41) is 3.55. The topological polar surface area (TPSA) is 3.88 Å². The van der Waals surface area contributed by atoms with Crippen LogP contribution in [0.3, 0.4) is 0 Å². The molecule has 0 atom stereocenters. The Bertz CT molecular complexity index is 1330. The van der Waals surface area contributed by atoms with E-state index >= 15 is 0 Å². The van der Waals surface area contributed by atoms with Gasteiger partial charge in [-0.25, -0.2) is 4.39 Å². The van der Waals surface area contributed by atoms with Crippen LogP contribution in [-0.4, -0.2) is 0 Å². The Kier molecular flexibility index (Phi) is 4.20. The largest absolute Gasteiger partial charge is 0.220 e. The van der Waals surface area contributed by atoms with Crippen LogP contribution in [0.4, 0.5) is 4.39 Å². The van der Waals surface area contributed by atoms with Crippen LogP contribution >= 0.6 is 0 Å². The zero-order valence-corrected chi connectivity index (χ0v) is 18.4. The lowest BCUT2D eigenvalue weighted by atomic mass is 9.82. The van der Waals surface area contributed by atoms with Gasteiger partial charge in [0.05, 0.1) is 12.3 Å². The molecule has 3 aromatic carbocycles. The van der Waals surface area contributed by atoms with Gasteiger partial charge in [0.1, 0.15) is 12.9 Å². The summed E-state index contributed by atoms with van der Waals surface area (Å²) in [5.74, 6) is -0.274. The molecule has 0 aliphatic carbocycles. The van der Waals surface area contributed by atoms with E-state index in [1.807, 2.05) is 20.0 Å². The first-order valence-corrected chi connectivity index (χ1v) is 10.1. The van der Waals surface area contributed by atoms with E-state index in [-0.39, 0.29) is 11.2 Å². The van der Waals surface area contributed by atoms with Gasteiger partial charge in [0, 0.05) is 18.4 Å². The second-order valence-corrected chi connectivity index (χ2v) is 9.19. The first kappa shape index (κ1) is 18.3. The summed E-state index contributed by atoms with van der Waals surface area (Å²) in [5.41, 5.74) is 6.92. The van der Waals surface area contributed by atoms with Crippen molar-refractivity contribution >= 4 is 21.5 Å². The van der Waals surface area contributed by atoms with E-state index in [2.05, 4.69) is 57.4 Å². The van der Waals surface area contributed by atoms with Gasteiger partial charge in [-0.1, -0.05) is 39.0 Å². The summed E-state index contributed by atoms with van der Waals surface area (Å²) in [6.07, 6.45) is 0. The normalized spacial score (nSPS) is 12.6. The highest BCUT2D eigenvalue weighted by Crippen LogP contribution is 2.36. The zero-order valence-electron chi connectivity index (χ0n) is 19.4. The van der Waals surface area contributed by atoms with Crippen LogP contribution in [0.25, 0.3) is 32.8 Å². The molecular weight excluding hydrogens is 357 g/mol. The molecule has 1 heterocycles. The Hall–Kier alpha value is -2.74.